The van der Waals surface area contributed by atoms with Gasteiger partial charge in [0.2, 0.25) is 0 Å². The first-order chi connectivity index (χ1) is 13.2. The van der Waals surface area contributed by atoms with Crippen molar-refractivity contribution in [3.05, 3.63) is 95.8 Å². The molecule has 0 fully saturated rings. The number of halogens is 1. The van der Waals surface area contributed by atoms with E-state index in [0.29, 0.717) is 17.9 Å². The first kappa shape index (κ1) is 18.5. The monoisotopic (exact) mass is 365 g/mol. The van der Waals surface area contributed by atoms with Crippen LogP contribution in [0.1, 0.15) is 15.9 Å². The topological polar surface area (TPSA) is 47.6 Å². The highest BCUT2D eigenvalue weighted by atomic mass is 19.1. The lowest BCUT2D eigenvalue weighted by molar-refractivity contribution is 0.0945. The summed E-state index contributed by atoms with van der Waals surface area (Å²) in [5, 5.41) is 2.88. The molecular weight excluding hydrogens is 345 g/mol. The average molecular weight is 365 g/mol. The second-order valence-corrected chi connectivity index (χ2v) is 5.79. The molecule has 0 bridgehead atoms. The van der Waals surface area contributed by atoms with E-state index in [0.717, 1.165) is 5.56 Å². The van der Waals surface area contributed by atoms with Crippen LogP contribution in [0.5, 0.6) is 11.5 Å². The number of benzene rings is 3. The molecular formula is C22H20FNO3. The van der Waals surface area contributed by atoms with E-state index in [2.05, 4.69) is 5.32 Å². The predicted molar refractivity (Wildman–Crippen MR) is 101 cm³/mol. The third-order valence-corrected chi connectivity index (χ3v) is 3.86. The van der Waals surface area contributed by atoms with E-state index in [1.54, 1.807) is 42.5 Å². The summed E-state index contributed by atoms with van der Waals surface area (Å²) >= 11 is 0. The summed E-state index contributed by atoms with van der Waals surface area (Å²) in [5.41, 5.74) is 1.46. The van der Waals surface area contributed by atoms with Gasteiger partial charge in [-0.1, -0.05) is 54.6 Å². The Kier molecular flexibility index (Phi) is 6.41. The van der Waals surface area contributed by atoms with Crippen molar-refractivity contribution in [1.82, 2.24) is 5.32 Å². The van der Waals surface area contributed by atoms with Gasteiger partial charge in [0.25, 0.3) is 5.91 Å². The smallest absolute Gasteiger partial charge is 0.255 e. The molecule has 0 aliphatic rings. The summed E-state index contributed by atoms with van der Waals surface area (Å²) in [6, 6.07) is 22.9. The summed E-state index contributed by atoms with van der Waals surface area (Å²) in [7, 11) is 0. The minimum absolute atomic E-state index is 0.168. The molecule has 138 valence electrons. The zero-order valence-electron chi connectivity index (χ0n) is 14.7. The van der Waals surface area contributed by atoms with Gasteiger partial charge < -0.3 is 14.8 Å². The third-order valence-electron chi connectivity index (χ3n) is 3.86. The minimum atomic E-state index is -0.418. The van der Waals surface area contributed by atoms with Crippen LogP contribution < -0.4 is 14.8 Å². The van der Waals surface area contributed by atoms with E-state index < -0.39 is 5.82 Å². The molecule has 0 aliphatic carbocycles. The average Bonchev–Trinajstić information content (AvgIpc) is 2.72. The van der Waals surface area contributed by atoms with E-state index in [4.69, 9.17) is 9.47 Å². The predicted octanol–water partition coefficient (Wildman–Crippen LogP) is 4.21. The molecule has 0 unspecified atom stereocenters. The molecule has 3 aromatic rings. The molecule has 0 saturated heterocycles. The number of hydrogen-bond acceptors (Lipinski definition) is 3. The van der Waals surface area contributed by atoms with Crippen LogP contribution in [0.25, 0.3) is 0 Å². The van der Waals surface area contributed by atoms with Crippen molar-refractivity contribution < 1.29 is 18.7 Å². The molecule has 0 spiro atoms. The highest BCUT2D eigenvalue weighted by molar-refractivity contribution is 5.96. The Morgan fingerprint density at radius 3 is 2.11 bits per heavy atom. The van der Waals surface area contributed by atoms with Crippen molar-refractivity contribution in [3.8, 4) is 11.5 Å². The quantitative estimate of drug-likeness (QED) is 0.608. The molecule has 5 heteroatoms. The Morgan fingerprint density at radius 1 is 0.778 bits per heavy atom. The van der Waals surface area contributed by atoms with Crippen LogP contribution in [0.2, 0.25) is 0 Å². The Labute approximate surface area is 157 Å². The molecule has 27 heavy (non-hydrogen) atoms. The van der Waals surface area contributed by atoms with Crippen LogP contribution >= 0.6 is 0 Å². The van der Waals surface area contributed by atoms with Gasteiger partial charge in [-0.25, -0.2) is 4.39 Å². The lowest BCUT2D eigenvalue weighted by atomic mass is 10.1. The standard InChI is InChI=1S/C22H20FNO3/c23-19-11-5-7-13-21(19)27-15-14-26-20-12-6-4-10-18(20)22(25)24-16-17-8-2-1-3-9-17/h1-13H,14-16H2,(H,24,25). The van der Waals surface area contributed by atoms with Gasteiger partial charge in [-0.3, -0.25) is 4.79 Å². The number of carbonyl (C=O) groups is 1. The number of carbonyl (C=O) groups excluding carboxylic acids is 1. The Morgan fingerprint density at radius 2 is 1.37 bits per heavy atom. The number of ether oxygens (including phenoxy) is 2. The number of para-hydroxylation sites is 2. The first-order valence-electron chi connectivity index (χ1n) is 8.65. The summed E-state index contributed by atoms with van der Waals surface area (Å²) in [5.74, 6) is -0.00199. The fourth-order valence-electron chi connectivity index (χ4n) is 2.52. The van der Waals surface area contributed by atoms with Gasteiger partial charge in [0.05, 0.1) is 5.56 Å². The zero-order valence-corrected chi connectivity index (χ0v) is 14.7. The molecule has 0 heterocycles. The fraction of sp³-hybridized carbons (Fsp3) is 0.136. The molecule has 1 amide bonds. The van der Waals surface area contributed by atoms with Crippen LogP contribution in [0.15, 0.2) is 78.9 Å². The van der Waals surface area contributed by atoms with Crippen LogP contribution in [-0.4, -0.2) is 19.1 Å². The van der Waals surface area contributed by atoms with Crippen molar-refractivity contribution >= 4 is 5.91 Å². The summed E-state index contributed by atoms with van der Waals surface area (Å²) in [4.78, 5) is 12.5. The van der Waals surface area contributed by atoms with Gasteiger partial charge in [0, 0.05) is 6.54 Å². The highest BCUT2D eigenvalue weighted by Crippen LogP contribution is 2.19. The number of nitrogens with one attached hydrogen (secondary N) is 1. The SMILES string of the molecule is O=C(NCc1ccccc1)c1ccccc1OCCOc1ccccc1F. The van der Waals surface area contributed by atoms with Crippen molar-refractivity contribution in [2.24, 2.45) is 0 Å². The largest absolute Gasteiger partial charge is 0.489 e. The minimum Gasteiger partial charge on any atom is -0.489 e. The van der Waals surface area contributed by atoms with E-state index in [-0.39, 0.29) is 24.9 Å². The van der Waals surface area contributed by atoms with Crippen LogP contribution in [0, 0.1) is 5.82 Å². The Hall–Kier alpha value is -3.34. The van der Waals surface area contributed by atoms with Gasteiger partial charge in [-0.05, 0) is 29.8 Å². The lowest BCUT2D eigenvalue weighted by Crippen LogP contribution is -2.23. The van der Waals surface area contributed by atoms with E-state index in [1.807, 2.05) is 30.3 Å². The van der Waals surface area contributed by atoms with Crippen LogP contribution in [-0.2, 0) is 6.54 Å². The van der Waals surface area contributed by atoms with E-state index >= 15 is 0 Å². The molecule has 0 aromatic heterocycles. The lowest BCUT2D eigenvalue weighted by Gasteiger charge is -2.12. The molecule has 4 nitrogen and oxygen atoms in total. The molecule has 1 N–H and O–H groups in total. The zero-order chi connectivity index (χ0) is 18.9. The van der Waals surface area contributed by atoms with Gasteiger partial charge in [0.15, 0.2) is 11.6 Å². The highest BCUT2D eigenvalue weighted by Gasteiger charge is 2.12. The van der Waals surface area contributed by atoms with Gasteiger partial charge in [-0.15, -0.1) is 0 Å². The molecule has 0 atom stereocenters. The maximum absolute atomic E-state index is 13.5. The van der Waals surface area contributed by atoms with Crippen molar-refractivity contribution in [3.63, 3.8) is 0 Å². The molecule has 0 aliphatic heterocycles. The maximum atomic E-state index is 13.5. The fourth-order valence-corrected chi connectivity index (χ4v) is 2.52. The van der Waals surface area contributed by atoms with Crippen molar-refractivity contribution in [1.29, 1.82) is 0 Å². The van der Waals surface area contributed by atoms with Gasteiger partial charge in [-0.2, -0.15) is 0 Å². The molecule has 3 rings (SSSR count). The van der Waals surface area contributed by atoms with Crippen molar-refractivity contribution in [2.45, 2.75) is 6.54 Å². The molecule has 3 aromatic carbocycles. The second kappa shape index (κ2) is 9.38. The van der Waals surface area contributed by atoms with Gasteiger partial charge >= 0.3 is 0 Å². The van der Waals surface area contributed by atoms with E-state index in [9.17, 15) is 9.18 Å². The summed E-state index contributed by atoms with van der Waals surface area (Å²) in [6.07, 6.45) is 0. The van der Waals surface area contributed by atoms with E-state index in [1.165, 1.54) is 6.07 Å². The Balaban J connectivity index is 1.54. The van der Waals surface area contributed by atoms with Gasteiger partial charge in [0.1, 0.15) is 19.0 Å². The number of amides is 1. The number of hydrogen-bond donors (Lipinski definition) is 1. The molecule has 0 radical (unpaired) electrons. The summed E-state index contributed by atoms with van der Waals surface area (Å²) in [6.45, 7) is 0.794. The summed E-state index contributed by atoms with van der Waals surface area (Å²) < 4.78 is 24.5. The van der Waals surface area contributed by atoms with Crippen LogP contribution in [0.3, 0.4) is 0 Å². The third kappa shape index (κ3) is 5.31. The first-order valence-corrected chi connectivity index (χ1v) is 8.65. The number of rotatable bonds is 8. The maximum Gasteiger partial charge on any atom is 0.255 e. The van der Waals surface area contributed by atoms with Crippen LogP contribution in [0.4, 0.5) is 4.39 Å². The molecule has 0 saturated carbocycles. The Bertz CT molecular complexity index is 883. The second-order valence-electron chi connectivity index (χ2n) is 5.79. The van der Waals surface area contributed by atoms with Crippen molar-refractivity contribution in [2.75, 3.05) is 13.2 Å². The normalized spacial score (nSPS) is 10.3.